The average molecular weight is 487 g/mol. The molecular formula is C24H30N4O5S. The average Bonchev–Trinajstić information content (AvgIpc) is 3.29. The number of piperidine rings is 1. The zero-order chi connectivity index (χ0) is 24.3. The highest BCUT2D eigenvalue weighted by atomic mass is 32.2. The van der Waals surface area contributed by atoms with E-state index in [9.17, 15) is 13.2 Å². The van der Waals surface area contributed by atoms with Gasteiger partial charge in [0, 0.05) is 32.1 Å². The fraction of sp³-hybridized carbons (Fsp3) is 0.417. The molecule has 9 nitrogen and oxygen atoms in total. The van der Waals surface area contributed by atoms with Crippen LogP contribution in [0.3, 0.4) is 0 Å². The van der Waals surface area contributed by atoms with Gasteiger partial charge in [-0.2, -0.15) is 9.29 Å². The van der Waals surface area contributed by atoms with Crippen LogP contribution in [0, 0.1) is 5.92 Å². The van der Waals surface area contributed by atoms with Crippen molar-refractivity contribution in [2.24, 2.45) is 5.92 Å². The Morgan fingerprint density at radius 1 is 1.18 bits per heavy atom. The van der Waals surface area contributed by atoms with E-state index in [-0.39, 0.29) is 16.7 Å². The number of amides is 1. The molecule has 4 rings (SSSR count). The minimum absolute atomic E-state index is 0.123. The van der Waals surface area contributed by atoms with Crippen LogP contribution in [0.4, 0.5) is 11.7 Å². The van der Waals surface area contributed by atoms with Crippen molar-refractivity contribution < 1.29 is 22.4 Å². The summed E-state index contributed by atoms with van der Waals surface area (Å²) in [5, 5.41) is 2.89. The minimum atomic E-state index is -3.66. The van der Waals surface area contributed by atoms with Gasteiger partial charge < -0.3 is 19.4 Å². The number of sulfonamides is 1. The lowest BCUT2D eigenvalue weighted by atomic mass is 9.96. The van der Waals surface area contributed by atoms with Crippen molar-refractivity contribution in [3.05, 3.63) is 42.5 Å². The van der Waals surface area contributed by atoms with Gasteiger partial charge in [-0.1, -0.05) is 26.0 Å². The highest BCUT2D eigenvalue weighted by Gasteiger charge is 2.29. The normalized spacial score (nSPS) is 15.1. The summed E-state index contributed by atoms with van der Waals surface area (Å²) in [5.41, 5.74) is 1.90. The van der Waals surface area contributed by atoms with Gasteiger partial charge in [-0.3, -0.25) is 4.79 Å². The van der Waals surface area contributed by atoms with Crippen LogP contribution < -0.4 is 15.0 Å². The predicted molar refractivity (Wildman–Crippen MR) is 131 cm³/mol. The first-order valence-electron chi connectivity index (χ1n) is 11.5. The number of oxazole rings is 1. The zero-order valence-corrected chi connectivity index (χ0v) is 20.5. The van der Waals surface area contributed by atoms with Crippen molar-refractivity contribution in [2.75, 3.05) is 43.5 Å². The molecule has 1 aromatic heterocycles. The Kier molecular flexibility index (Phi) is 7.08. The summed E-state index contributed by atoms with van der Waals surface area (Å²) in [5.74, 6) is 0.0389. The Balaban J connectivity index is 1.45. The van der Waals surface area contributed by atoms with Crippen molar-refractivity contribution >= 4 is 38.7 Å². The number of methoxy groups -OCH3 is 1. The van der Waals surface area contributed by atoms with Crippen molar-refractivity contribution in [3.63, 3.8) is 0 Å². The lowest BCUT2D eigenvalue weighted by Crippen LogP contribution is -2.38. The number of carbonyl (C=O) groups excluding carboxylic acids is 1. The van der Waals surface area contributed by atoms with E-state index in [1.54, 1.807) is 19.9 Å². The van der Waals surface area contributed by atoms with E-state index in [0.717, 1.165) is 11.1 Å². The van der Waals surface area contributed by atoms with E-state index in [1.807, 2.05) is 29.2 Å². The van der Waals surface area contributed by atoms with E-state index in [0.29, 0.717) is 56.5 Å². The molecule has 1 fully saturated rings. The van der Waals surface area contributed by atoms with Gasteiger partial charge in [0.2, 0.25) is 15.9 Å². The van der Waals surface area contributed by atoms with E-state index in [4.69, 9.17) is 9.15 Å². The third kappa shape index (κ3) is 4.74. The SMILES string of the molecule is CCN(CC)S(=O)(=O)c1ccc(OC)c(NC(=O)C2CCN(c3nc4ccccc4o3)CC2)c1. The van der Waals surface area contributed by atoms with Crippen LogP contribution in [0.15, 0.2) is 51.8 Å². The first-order chi connectivity index (χ1) is 16.4. The smallest absolute Gasteiger partial charge is 0.298 e. The number of anilines is 2. The summed E-state index contributed by atoms with van der Waals surface area (Å²) in [4.78, 5) is 19.7. The second-order valence-electron chi connectivity index (χ2n) is 8.17. The molecule has 2 aromatic carbocycles. The summed E-state index contributed by atoms with van der Waals surface area (Å²) >= 11 is 0. The quantitative estimate of drug-likeness (QED) is 0.517. The number of para-hydroxylation sites is 2. The number of hydrogen-bond acceptors (Lipinski definition) is 7. The maximum Gasteiger partial charge on any atom is 0.298 e. The molecule has 0 saturated carbocycles. The number of carbonyl (C=O) groups is 1. The Hall–Kier alpha value is -3.11. The number of nitrogens with one attached hydrogen (secondary N) is 1. The first kappa shape index (κ1) is 24.0. The van der Waals surface area contributed by atoms with Gasteiger partial charge in [-0.15, -0.1) is 0 Å². The van der Waals surface area contributed by atoms with Crippen LogP contribution in [0.25, 0.3) is 11.1 Å². The van der Waals surface area contributed by atoms with E-state index in [1.165, 1.54) is 23.5 Å². The monoisotopic (exact) mass is 486 g/mol. The van der Waals surface area contributed by atoms with Crippen molar-refractivity contribution in [3.8, 4) is 5.75 Å². The number of fused-ring (bicyclic) bond motifs is 1. The summed E-state index contributed by atoms with van der Waals surface area (Å²) in [6.45, 7) is 5.59. The number of nitrogens with zero attached hydrogens (tertiary/aromatic N) is 3. The van der Waals surface area contributed by atoms with Crippen LogP contribution in [0.1, 0.15) is 26.7 Å². The molecule has 0 unspecified atom stereocenters. The highest BCUT2D eigenvalue weighted by molar-refractivity contribution is 7.89. The molecule has 0 aliphatic carbocycles. The molecule has 1 aliphatic heterocycles. The molecule has 3 aromatic rings. The van der Waals surface area contributed by atoms with Gasteiger partial charge in [-0.05, 0) is 43.2 Å². The third-order valence-electron chi connectivity index (χ3n) is 6.19. The second kappa shape index (κ2) is 10.0. The molecule has 1 N–H and O–H groups in total. The molecule has 2 heterocycles. The molecule has 0 bridgehead atoms. The number of aromatic nitrogens is 1. The standard InChI is InChI=1S/C24H30N4O5S/c1-4-28(5-2)34(30,31)18-10-11-21(32-3)20(16-18)25-23(29)17-12-14-27(15-13-17)24-26-19-8-6-7-9-22(19)33-24/h6-11,16-17H,4-5,12-15H2,1-3H3,(H,25,29). The third-order valence-corrected chi connectivity index (χ3v) is 8.24. The van der Waals surface area contributed by atoms with Gasteiger partial charge in [0.05, 0.1) is 17.7 Å². The van der Waals surface area contributed by atoms with Crippen LogP contribution in [0.2, 0.25) is 0 Å². The van der Waals surface area contributed by atoms with Crippen LogP contribution in [0.5, 0.6) is 5.75 Å². The van der Waals surface area contributed by atoms with E-state index < -0.39 is 10.0 Å². The Labute approximate surface area is 199 Å². The number of ether oxygens (including phenoxy) is 1. The van der Waals surface area contributed by atoms with Crippen molar-refractivity contribution in [2.45, 2.75) is 31.6 Å². The first-order valence-corrected chi connectivity index (χ1v) is 12.9. The molecular weight excluding hydrogens is 456 g/mol. The highest BCUT2D eigenvalue weighted by Crippen LogP contribution is 2.31. The molecule has 182 valence electrons. The van der Waals surface area contributed by atoms with E-state index in [2.05, 4.69) is 10.3 Å². The Morgan fingerprint density at radius 2 is 1.88 bits per heavy atom. The summed E-state index contributed by atoms with van der Waals surface area (Å²) < 4.78 is 38.4. The second-order valence-corrected chi connectivity index (χ2v) is 10.1. The largest absolute Gasteiger partial charge is 0.495 e. The number of hydrogen-bond donors (Lipinski definition) is 1. The fourth-order valence-corrected chi connectivity index (χ4v) is 5.71. The molecule has 34 heavy (non-hydrogen) atoms. The minimum Gasteiger partial charge on any atom is -0.495 e. The van der Waals surface area contributed by atoms with Gasteiger partial charge >= 0.3 is 0 Å². The summed E-state index contributed by atoms with van der Waals surface area (Å²) in [6, 6.07) is 12.7. The van der Waals surface area contributed by atoms with Gasteiger partial charge in [0.15, 0.2) is 5.58 Å². The van der Waals surface area contributed by atoms with Crippen LogP contribution in [-0.4, -0.2) is 56.9 Å². The predicted octanol–water partition coefficient (Wildman–Crippen LogP) is 3.72. The van der Waals surface area contributed by atoms with Crippen molar-refractivity contribution in [1.82, 2.24) is 9.29 Å². The molecule has 0 atom stereocenters. The molecule has 0 radical (unpaired) electrons. The van der Waals surface area contributed by atoms with E-state index >= 15 is 0 Å². The lowest BCUT2D eigenvalue weighted by molar-refractivity contribution is -0.120. The Morgan fingerprint density at radius 3 is 2.53 bits per heavy atom. The molecule has 1 amide bonds. The summed E-state index contributed by atoms with van der Waals surface area (Å²) in [6.07, 6.45) is 1.26. The lowest BCUT2D eigenvalue weighted by Gasteiger charge is -2.30. The number of benzene rings is 2. The molecule has 1 saturated heterocycles. The molecule has 10 heteroatoms. The maximum absolute atomic E-state index is 13.0. The molecule has 1 aliphatic rings. The molecule has 0 spiro atoms. The van der Waals surface area contributed by atoms with Gasteiger partial charge in [0.25, 0.3) is 6.01 Å². The fourth-order valence-electron chi connectivity index (χ4n) is 4.22. The topological polar surface area (TPSA) is 105 Å². The van der Waals surface area contributed by atoms with Crippen LogP contribution >= 0.6 is 0 Å². The Bertz CT molecular complexity index is 1230. The van der Waals surface area contributed by atoms with Crippen molar-refractivity contribution in [1.29, 1.82) is 0 Å². The number of rotatable bonds is 8. The maximum atomic E-state index is 13.0. The van der Waals surface area contributed by atoms with Crippen LogP contribution in [-0.2, 0) is 14.8 Å². The summed E-state index contributed by atoms with van der Waals surface area (Å²) in [7, 11) is -2.17. The zero-order valence-electron chi connectivity index (χ0n) is 19.7. The van der Waals surface area contributed by atoms with Gasteiger partial charge in [0.1, 0.15) is 11.3 Å². The van der Waals surface area contributed by atoms with Gasteiger partial charge in [-0.25, -0.2) is 8.42 Å².